The van der Waals surface area contributed by atoms with Gasteiger partial charge in [-0.25, -0.2) is 0 Å². The van der Waals surface area contributed by atoms with Crippen LogP contribution >= 0.6 is 0 Å². The Kier molecular flexibility index (Phi) is 5.14. The van der Waals surface area contributed by atoms with Gasteiger partial charge in [0.2, 0.25) is 0 Å². The summed E-state index contributed by atoms with van der Waals surface area (Å²) in [5.74, 6) is 2.76. The molecule has 0 aliphatic carbocycles. The van der Waals surface area contributed by atoms with Crippen molar-refractivity contribution >= 4 is 0 Å². The molecule has 0 radical (unpaired) electrons. The zero-order valence-corrected chi connectivity index (χ0v) is 10.3. The van der Waals surface area contributed by atoms with Crippen molar-refractivity contribution in [2.24, 2.45) is 0 Å². The number of likely N-dealkylation sites (tertiary alicyclic amines) is 1. The van der Waals surface area contributed by atoms with E-state index in [2.05, 4.69) is 37.0 Å². The third kappa shape index (κ3) is 3.85. The highest BCUT2D eigenvalue weighted by Gasteiger charge is 2.23. The van der Waals surface area contributed by atoms with E-state index in [4.69, 9.17) is 6.42 Å². The Morgan fingerprint density at radius 1 is 1.60 bits per heavy atom. The van der Waals surface area contributed by atoms with Gasteiger partial charge in [0.15, 0.2) is 0 Å². The lowest BCUT2D eigenvalue weighted by Crippen LogP contribution is -2.48. The van der Waals surface area contributed by atoms with Crippen LogP contribution in [0.3, 0.4) is 0 Å². The van der Waals surface area contributed by atoms with Crippen LogP contribution in [0.2, 0.25) is 0 Å². The van der Waals surface area contributed by atoms with Gasteiger partial charge in [0.05, 0.1) is 0 Å². The average molecular weight is 208 g/mol. The van der Waals surface area contributed by atoms with Crippen LogP contribution in [0.15, 0.2) is 0 Å². The minimum Gasteiger partial charge on any atom is -0.310 e. The Hall–Kier alpha value is -0.520. The zero-order chi connectivity index (χ0) is 11.3. The number of hydrogen-bond donors (Lipinski definition) is 1. The fourth-order valence-corrected chi connectivity index (χ4v) is 2.24. The Bertz CT molecular complexity index is 219. The molecule has 1 fully saturated rings. The fraction of sp³-hybridized carbons (Fsp3) is 0.846. The molecule has 86 valence electrons. The molecule has 2 nitrogen and oxygen atoms in total. The SMILES string of the molecule is C#CCC(CC)NC1CCN(C)C(C)C1. The molecule has 3 atom stereocenters. The predicted octanol–water partition coefficient (Wildman–Crippen LogP) is 1.86. The summed E-state index contributed by atoms with van der Waals surface area (Å²) in [7, 11) is 2.21. The highest BCUT2D eigenvalue weighted by Crippen LogP contribution is 2.16. The smallest absolute Gasteiger partial charge is 0.0240 e. The molecule has 1 heterocycles. The van der Waals surface area contributed by atoms with Crippen LogP contribution in [0.1, 0.15) is 39.5 Å². The maximum absolute atomic E-state index is 5.36. The second-order valence-electron chi connectivity index (χ2n) is 4.73. The van der Waals surface area contributed by atoms with Gasteiger partial charge < -0.3 is 10.2 Å². The fourth-order valence-electron chi connectivity index (χ4n) is 2.24. The first-order valence-electron chi connectivity index (χ1n) is 6.07. The summed E-state index contributed by atoms with van der Waals surface area (Å²) in [6, 6.07) is 1.87. The molecule has 3 unspecified atom stereocenters. The number of hydrogen-bond acceptors (Lipinski definition) is 2. The van der Waals surface area contributed by atoms with E-state index in [1.165, 1.54) is 19.4 Å². The molecule has 0 aromatic rings. The lowest BCUT2D eigenvalue weighted by atomic mass is 9.97. The van der Waals surface area contributed by atoms with Crippen molar-refractivity contribution in [1.29, 1.82) is 0 Å². The second-order valence-corrected chi connectivity index (χ2v) is 4.73. The lowest BCUT2D eigenvalue weighted by molar-refractivity contribution is 0.162. The zero-order valence-electron chi connectivity index (χ0n) is 10.3. The summed E-state index contributed by atoms with van der Waals surface area (Å²) in [6.07, 6.45) is 9.85. The summed E-state index contributed by atoms with van der Waals surface area (Å²) in [5.41, 5.74) is 0. The van der Waals surface area contributed by atoms with E-state index >= 15 is 0 Å². The Morgan fingerprint density at radius 3 is 2.87 bits per heavy atom. The minimum atomic E-state index is 0.510. The van der Waals surface area contributed by atoms with E-state index in [9.17, 15) is 0 Å². The van der Waals surface area contributed by atoms with Gasteiger partial charge in [0, 0.05) is 24.5 Å². The van der Waals surface area contributed by atoms with Crippen LogP contribution in [0, 0.1) is 12.3 Å². The van der Waals surface area contributed by atoms with Crippen molar-refractivity contribution in [1.82, 2.24) is 10.2 Å². The average Bonchev–Trinajstić information content (AvgIpc) is 2.23. The van der Waals surface area contributed by atoms with Crippen LogP contribution < -0.4 is 5.32 Å². The molecule has 0 bridgehead atoms. The number of terminal acetylenes is 1. The van der Waals surface area contributed by atoms with Crippen LogP contribution in [0.4, 0.5) is 0 Å². The molecule has 0 aromatic carbocycles. The first kappa shape index (κ1) is 12.5. The van der Waals surface area contributed by atoms with Crippen molar-refractivity contribution < 1.29 is 0 Å². The van der Waals surface area contributed by atoms with Crippen LogP contribution in [0.5, 0.6) is 0 Å². The van der Waals surface area contributed by atoms with Crippen molar-refractivity contribution in [3.63, 3.8) is 0 Å². The predicted molar refractivity (Wildman–Crippen MR) is 65.8 cm³/mol. The highest BCUT2D eigenvalue weighted by atomic mass is 15.1. The van der Waals surface area contributed by atoms with E-state index in [1.54, 1.807) is 0 Å². The highest BCUT2D eigenvalue weighted by molar-refractivity contribution is 4.91. The first-order valence-corrected chi connectivity index (χ1v) is 6.07. The maximum Gasteiger partial charge on any atom is 0.0240 e. The minimum absolute atomic E-state index is 0.510. The number of nitrogens with one attached hydrogen (secondary N) is 1. The number of rotatable bonds is 4. The molecule has 1 N–H and O–H groups in total. The molecule has 1 aliphatic heterocycles. The van der Waals surface area contributed by atoms with Gasteiger partial charge in [0.1, 0.15) is 0 Å². The molecular weight excluding hydrogens is 184 g/mol. The molecule has 15 heavy (non-hydrogen) atoms. The van der Waals surface area contributed by atoms with Crippen molar-refractivity contribution in [2.75, 3.05) is 13.6 Å². The molecule has 0 spiro atoms. The maximum atomic E-state index is 5.36. The van der Waals surface area contributed by atoms with Gasteiger partial charge >= 0.3 is 0 Å². The summed E-state index contributed by atoms with van der Waals surface area (Å²) in [6.45, 7) is 5.70. The largest absolute Gasteiger partial charge is 0.310 e. The van der Waals surface area contributed by atoms with Gasteiger partial charge in [-0.2, -0.15) is 0 Å². The second kappa shape index (κ2) is 6.15. The van der Waals surface area contributed by atoms with Crippen molar-refractivity contribution in [3.05, 3.63) is 0 Å². The quantitative estimate of drug-likeness (QED) is 0.709. The third-order valence-corrected chi connectivity index (χ3v) is 3.54. The topological polar surface area (TPSA) is 15.3 Å². The van der Waals surface area contributed by atoms with Crippen LogP contribution in [-0.4, -0.2) is 36.6 Å². The number of nitrogens with zero attached hydrogens (tertiary/aromatic N) is 1. The van der Waals surface area contributed by atoms with Gasteiger partial charge in [-0.15, -0.1) is 12.3 Å². The molecule has 1 aliphatic rings. The van der Waals surface area contributed by atoms with Gasteiger partial charge in [-0.05, 0) is 39.8 Å². The van der Waals surface area contributed by atoms with E-state index in [0.29, 0.717) is 18.1 Å². The first-order chi connectivity index (χ1) is 7.17. The van der Waals surface area contributed by atoms with Crippen molar-refractivity contribution in [3.8, 4) is 12.3 Å². The van der Waals surface area contributed by atoms with Gasteiger partial charge in [-0.3, -0.25) is 0 Å². The standard InChI is InChI=1S/C13H24N2/c1-5-7-12(6-2)14-13-8-9-15(4)11(3)10-13/h1,11-14H,6-10H2,2-4H3. The van der Waals surface area contributed by atoms with E-state index in [-0.39, 0.29) is 0 Å². The molecule has 0 saturated carbocycles. The molecule has 0 aromatic heterocycles. The monoisotopic (exact) mass is 208 g/mol. The normalized spacial score (nSPS) is 29.7. The van der Waals surface area contributed by atoms with Crippen molar-refractivity contribution in [2.45, 2.75) is 57.7 Å². The summed E-state index contributed by atoms with van der Waals surface area (Å²) >= 11 is 0. The summed E-state index contributed by atoms with van der Waals surface area (Å²) < 4.78 is 0. The molecular formula is C13H24N2. The van der Waals surface area contributed by atoms with E-state index in [1.807, 2.05) is 0 Å². The molecule has 1 saturated heterocycles. The molecule has 1 rings (SSSR count). The third-order valence-electron chi connectivity index (χ3n) is 3.54. The van der Waals surface area contributed by atoms with Gasteiger partial charge in [0.25, 0.3) is 0 Å². The number of piperidine rings is 1. The van der Waals surface area contributed by atoms with Gasteiger partial charge in [-0.1, -0.05) is 6.92 Å². The molecule has 0 amide bonds. The van der Waals surface area contributed by atoms with Crippen LogP contribution in [0.25, 0.3) is 0 Å². The Labute approximate surface area is 94.4 Å². The summed E-state index contributed by atoms with van der Waals surface area (Å²) in [4.78, 5) is 2.43. The van der Waals surface area contributed by atoms with Crippen LogP contribution in [-0.2, 0) is 0 Å². The summed E-state index contributed by atoms with van der Waals surface area (Å²) in [5, 5.41) is 3.69. The Morgan fingerprint density at radius 2 is 2.33 bits per heavy atom. The molecule has 2 heteroatoms. The van der Waals surface area contributed by atoms with E-state index in [0.717, 1.165) is 12.8 Å². The lowest BCUT2D eigenvalue weighted by Gasteiger charge is -2.37. The Balaban J connectivity index is 2.35. The van der Waals surface area contributed by atoms with E-state index < -0.39 is 0 Å².